The first-order valence-electron chi connectivity index (χ1n) is 4.29. The van der Waals surface area contributed by atoms with Crippen molar-refractivity contribution in [3.05, 3.63) is 29.8 Å². The Morgan fingerprint density at radius 2 is 2.46 bits per heavy atom. The van der Waals surface area contributed by atoms with Gasteiger partial charge in [0, 0.05) is 6.54 Å². The van der Waals surface area contributed by atoms with E-state index in [0.717, 1.165) is 18.8 Å². The van der Waals surface area contributed by atoms with Gasteiger partial charge in [-0.15, -0.1) is 0 Å². The minimum absolute atomic E-state index is 0.106. The summed E-state index contributed by atoms with van der Waals surface area (Å²) in [5.41, 5.74) is 0.834. The summed E-state index contributed by atoms with van der Waals surface area (Å²) in [4.78, 5) is 3.98. The molecule has 1 atom stereocenters. The molecule has 13 heavy (non-hydrogen) atoms. The molecule has 0 amide bonds. The van der Waals surface area contributed by atoms with E-state index in [1.165, 1.54) is 12.3 Å². The van der Waals surface area contributed by atoms with E-state index in [0.29, 0.717) is 6.61 Å². The fourth-order valence-electron chi connectivity index (χ4n) is 1.35. The van der Waals surface area contributed by atoms with Gasteiger partial charge in [-0.1, -0.05) is 0 Å². The number of nitrogens with one attached hydrogen (secondary N) is 1. The van der Waals surface area contributed by atoms with Crippen LogP contribution in [0.25, 0.3) is 0 Å². The molecular formula is C9H11FN2O. The van der Waals surface area contributed by atoms with Crippen molar-refractivity contribution in [3.8, 4) is 0 Å². The van der Waals surface area contributed by atoms with E-state index in [4.69, 9.17) is 4.74 Å². The summed E-state index contributed by atoms with van der Waals surface area (Å²) in [5, 5.41) is 3.24. The molecule has 1 fully saturated rings. The number of hydrogen-bond donors (Lipinski definition) is 1. The highest BCUT2D eigenvalue weighted by atomic mass is 19.1. The highest BCUT2D eigenvalue weighted by Gasteiger charge is 2.15. The van der Waals surface area contributed by atoms with Gasteiger partial charge in [-0.3, -0.25) is 4.98 Å². The number of morpholine rings is 1. The molecule has 0 saturated carbocycles. The van der Waals surface area contributed by atoms with Crippen LogP contribution in [0.2, 0.25) is 0 Å². The van der Waals surface area contributed by atoms with E-state index in [-0.39, 0.29) is 11.9 Å². The monoisotopic (exact) mass is 182 g/mol. The lowest BCUT2D eigenvalue weighted by atomic mass is 10.2. The molecule has 1 aromatic heterocycles. The Morgan fingerprint density at radius 1 is 1.54 bits per heavy atom. The topological polar surface area (TPSA) is 34.1 Å². The van der Waals surface area contributed by atoms with Crippen LogP contribution < -0.4 is 5.32 Å². The summed E-state index contributed by atoms with van der Waals surface area (Å²) in [6, 6.07) is 3.20. The molecule has 1 aliphatic heterocycles. The normalized spacial score (nSPS) is 23.0. The van der Waals surface area contributed by atoms with E-state index >= 15 is 0 Å². The predicted octanol–water partition coefficient (Wildman–Crippen LogP) is 0.882. The number of ether oxygens (including phenoxy) is 1. The predicted molar refractivity (Wildman–Crippen MR) is 45.8 cm³/mol. The molecule has 1 aliphatic rings. The Morgan fingerprint density at radius 3 is 3.08 bits per heavy atom. The number of hydrogen-bond acceptors (Lipinski definition) is 3. The second-order valence-corrected chi connectivity index (χ2v) is 2.98. The number of halogens is 1. The van der Waals surface area contributed by atoms with Crippen LogP contribution in [0.4, 0.5) is 4.39 Å². The van der Waals surface area contributed by atoms with Crippen LogP contribution in [0.15, 0.2) is 18.3 Å². The molecule has 0 aliphatic carbocycles. The molecule has 0 radical (unpaired) electrons. The van der Waals surface area contributed by atoms with Crippen LogP contribution >= 0.6 is 0 Å². The Bertz CT molecular complexity index is 269. The molecule has 3 nitrogen and oxygen atoms in total. The van der Waals surface area contributed by atoms with Gasteiger partial charge in [0.25, 0.3) is 0 Å². The lowest BCUT2D eigenvalue weighted by Crippen LogP contribution is -2.35. The Labute approximate surface area is 75.9 Å². The van der Waals surface area contributed by atoms with Gasteiger partial charge < -0.3 is 10.1 Å². The van der Waals surface area contributed by atoms with Crippen molar-refractivity contribution < 1.29 is 9.13 Å². The van der Waals surface area contributed by atoms with E-state index in [1.54, 1.807) is 6.07 Å². The van der Waals surface area contributed by atoms with Crippen molar-refractivity contribution >= 4 is 0 Å². The third kappa shape index (κ3) is 2.02. The van der Waals surface area contributed by atoms with Crippen molar-refractivity contribution in [2.45, 2.75) is 6.04 Å². The summed E-state index contributed by atoms with van der Waals surface area (Å²) in [6.45, 7) is 2.17. The van der Waals surface area contributed by atoms with E-state index in [9.17, 15) is 4.39 Å². The maximum absolute atomic E-state index is 12.5. The maximum Gasteiger partial charge on any atom is 0.141 e. The highest BCUT2D eigenvalue weighted by molar-refractivity contribution is 5.10. The minimum atomic E-state index is -0.305. The van der Waals surface area contributed by atoms with Crippen LogP contribution in [0.1, 0.15) is 11.7 Å². The molecule has 2 heterocycles. The summed E-state index contributed by atoms with van der Waals surface area (Å²) < 4.78 is 17.8. The quantitative estimate of drug-likeness (QED) is 0.700. The van der Waals surface area contributed by atoms with Gasteiger partial charge in [-0.2, -0.15) is 0 Å². The maximum atomic E-state index is 12.5. The van der Waals surface area contributed by atoms with Crippen molar-refractivity contribution in [1.29, 1.82) is 0 Å². The van der Waals surface area contributed by atoms with Gasteiger partial charge in [0.15, 0.2) is 0 Å². The third-order valence-electron chi connectivity index (χ3n) is 2.03. The Kier molecular flexibility index (Phi) is 2.52. The van der Waals surface area contributed by atoms with Gasteiger partial charge in [0.1, 0.15) is 5.82 Å². The highest BCUT2D eigenvalue weighted by Crippen LogP contribution is 2.12. The van der Waals surface area contributed by atoms with Gasteiger partial charge >= 0.3 is 0 Å². The molecule has 1 aromatic rings. The van der Waals surface area contributed by atoms with E-state index in [1.807, 2.05) is 0 Å². The first-order valence-corrected chi connectivity index (χ1v) is 4.29. The number of nitrogens with zero attached hydrogens (tertiary/aromatic N) is 1. The van der Waals surface area contributed by atoms with Crippen molar-refractivity contribution in [3.63, 3.8) is 0 Å². The first-order chi connectivity index (χ1) is 6.36. The standard InChI is InChI=1S/C9H11FN2O/c10-7-1-2-8(12-5-7)9-6-13-4-3-11-9/h1-2,5,9,11H,3-4,6H2/t9-/m0/s1. The minimum Gasteiger partial charge on any atom is -0.378 e. The fourth-order valence-corrected chi connectivity index (χ4v) is 1.35. The zero-order chi connectivity index (χ0) is 9.10. The Hall–Kier alpha value is -1.00. The van der Waals surface area contributed by atoms with Crippen LogP contribution in [-0.4, -0.2) is 24.7 Å². The van der Waals surface area contributed by atoms with Crippen molar-refractivity contribution in [2.24, 2.45) is 0 Å². The third-order valence-corrected chi connectivity index (χ3v) is 2.03. The lowest BCUT2D eigenvalue weighted by molar-refractivity contribution is 0.0756. The van der Waals surface area contributed by atoms with Gasteiger partial charge in [-0.05, 0) is 12.1 Å². The van der Waals surface area contributed by atoms with Gasteiger partial charge in [-0.25, -0.2) is 4.39 Å². The van der Waals surface area contributed by atoms with E-state index in [2.05, 4.69) is 10.3 Å². The van der Waals surface area contributed by atoms with Crippen LogP contribution in [0, 0.1) is 5.82 Å². The molecule has 2 rings (SSSR count). The number of rotatable bonds is 1. The summed E-state index contributed by atoms with van der Waals surface area (Å²) >= 11 is 0. The smallest absolute Gasteiger partial charge is 0.141 e. The number of pyridine rings is 1. The van der Waals surface area contributed by atoms with Crippen LogP contribution in [0.3, 0.4) is 0 Å². The van der Waals surface area contributed by atoms with Gasteiger partial charge in [0.2, 0.25) is 0 Å². The average molecular weight is 182 g/mol. The molecule has 0 spiro atoms. The second kappa shape index (κ2) is 3.81. The second-order valence-electron chi connectivity index (χ2n) is 2.98. The number of aromatic nitrogens is 1. The fraction of sp³-hybridized carbons (Fsp3) is 0.444. The summed E-state index contributed by atoms with van der Waals surface area (Å²) in [5.74, 6) is -0.305. The molecular weight excluding hydrogens is 171 g/mol. The molecule has 0 bridgehead atoms. The van der Waals surface area contributed by atoms with Crippen molar-refractivity contribution in [2.75, 3.05) is 19.8 Å². The largest absolute Gasteiger partial charge is 0.378 e. The zero-order valence-electron chi connectivity index (χ0n) is 7.16. The van der Waals surface area contributed by atoms with Gasteiger partial charge in [0.05, 0.1) is 31.1 Å². The first kappa shape index (κ1) is 8.59. The van der Waals surface area contributed by atoms with Crippen LogP contribution in [0.5, 0.6) is 0 Å². The molecule has 1 N–H and O–H groups in total. The molecule has 0 unspecified atom stereocenters. The average Bonchev–Trinajstić information content (AvgIpc) is 2.20. The van der Waals surface area contributed by atoms with Crippen molar-refractivity contribution in [1.82, 2.24) is 10.3 Å². The Balaban J connectivity index is 2.10. The molecule has 4 heteroatoms. The van der Waals surface area contributed by atoms with E-state index < -0.39 is 0 Å². The lowest BCUT2D eigenvalue weighted by Gasteiger charge is -2.23. The summed E-state index contributed by atoms with van der Waals surface area (Å²) in [6.07, 6.45) is 1.23. The SMILES string of the molecule is Fc1ccc([C@@H]2COCCN2)nc1. The molecule has 70 valence electrons. The summed E-state index contributed by atoms with van der Waals surface area (Å²) in [7, 11) is 0. The van der Waals surface area contributed by atoms with Crippen LogP contribution in [-0.2, 0) is 4.74 Å². The molecule has 0 aromatic carbocycles. The molecule has 1 saturated heterocycles. The zero-order valence-corrected chi connectivity index (χ0v) is 7.16.